The van der Waals surface area contributed by atoms with E-state index in [1.165, 1.54) is 6.07 Å². The molecule has 1 aliphatic rings. The van der Waals surface area contributed by atoms with Crippen molar-refractivity contribution < 1.29 is 27.9 Å². The van der Waals surface area contributed by atoms with Gasteiger partial charge >= 0.3 is 12.1 Å². The molecule has 1 amide bonds. The summed E-state index contributed by atoms with van der Waals surface area (Å²) in [5, 5.41) is 21.1. The van der Waals surface area contributed by atoms with Gasteiger partial charge in [-0.2, -0.15) is 18.3 Å². The van der Waals surface area contributed by atoms with Gasteiger partial charge in [0.2, 0.25) is 0 Å². The molecule has 12 heteroatoms. The number of nitrogens with two attached hydrogens (primary N) is 1. The summed E-state index contributed by atoms with van der Waals surface area (Å²) in [6, 6.07) is 17.9. The SMILES string of the molecule is N=C(N)c1cccc(C2=CCN(C(=O)c3ccc(-c4ccc(=O)[nH]n4)cc3)CC2)c1.O=C(O)C(F)(F)F. The number of benzene rings is 2. The number of aromatic nitrogens is 2. The number of aliphatic carboxylic acids is 1. The number of alkyl halides is 3. The van der Waals surface area contributed by atoms with Crippen molar-refractivity contribution in [3.8, 4) is 11.3 Å². The van der Waals surface area contributed by atoms with Crippen molar-refractivity contribution in [3.63, 3.8) is 0 Å². The van der Waals surface area contributed by atoms with Gasteiger partial charge in [0.05, 0.1) is 5.69 Å². The lowest BCUT2D eigenvalue weighted by molar-refractivity contribution is -0.192. The highest BCUT2D eigenvalue weighted by Gasteiger charge is 2.38. The number of carboxylic acid groups (broad SMARTS) is 1. The summed E-state index contributed by atoms with van der Waals surface area (Å²) in [7, 11) is 0. The normalized spacial score (nSPS) is 13.2. The van der Waals surface area contributed by atoms with Crippen LogP contribution in [0.1, 0.15) is 27.9 Å². The third-order valence-corrected chi connectivity index (χ3v) is 5.39. The average molecular weight is 513 g/mol. The van der Waals surface area contributed by atoms with E-state index in [0.29, 0.717) is 29.9 Å². The number of nitrogens with zero attached hydrogens (tertiary/aromatic N) is 2. The number of H-pyrrole nitrogens is 1. The molecule has 0 radical (unpaired) electrons. The summed E-state index contributed by atoms with van der Waals surface area (Å²) in [6.07, 6.45) is -2.29. The number of hydrogen-bond acceptors (Lipinski definition) is 5. The Kier molecular flexibility index (Phi) is 8.23. The molecule has 0 bridgehead atoms. The lowest BCUT2D eigenvalue weighted by Crippen LogP contribution is -2.34. The van der Waals surface area contributed by atoms with Gasteiger partial charge in [-0.1, -0.05) is 36.4 Å². The molecule has 5 N–H and O–H groups in total. The smallest absolute Gasteiger partial charge is 0.475 e. The van der Waals surface area contributed by atoms with Crippen LogP contribution in [0.4, 0.5) is 13.2 Å². The molecule has 1 aliphatic heterocycles. The van der Waals surface area contributed by atoms with Crippen LogP contribution in [0.15, 0.2) is 71.5 Å². The Balaban J connectivity index is 0.000000479. The zero-order valence-corrected chi connectivity index (χ0v) is 19.2. The Morgan fingerprint density at radius 1 is 1.03 bits per heavy atom. The average Bonchev–Trinajstić information content (AvgIpc) is 2.89. The van der Waals surface area contributed by atoms with Crippen LogP contribution in [0.3, 0.4) is 0 Å². The van der Waals surface area contributed by atoms with Crippen LogP contribution in [0.25, 0.3) is 16.8 Å². The van der Waals surface area contributed by atoms with Crippen molar-refractivity contribution in [2.45, 2.75) is 12.6 Å². The Morgan fingerprint density at radius 2 is 1.70 bits per heavy atom. The number of amides is 1. The molecule has 0 saturated carbocycles. The molecule has 0 saturated heterocycles. The Morgan fingerprint density at radius 3 is 2.22 bits per heavy atom. The second-order valence-corrected chi connectivity index (χ2v) is 7.91. The second kappa shape index (κ2) is 11.3. The second-order valence-electron chi connectivity index (χ2n) is 7.91. The van der Waals surface area contributed by atoms with Gasteiger partial charge in [0.25, 0.3) is 11.5 Å². The molecule has 37 heavy (non-hydrogen) atoms. The predicted molar refractivity (Wildman–Crippen MR) is 130 cm³/mol. The van der Waals surface area contributed by atoms with Gasteiger partial charge in [-0.05, 0) is 41.8 Å². The lowest BCUT2D eigenvalue weighted by Gasteiger charge is -2.27. The van der Waals surface area contributed by atoms with Crippen LogP contribution < -0.4 is 11.3 Å². The highest BCUT2D eigenvalue weighted by atomic mass is 19.4. The number of hydrogen-bond donors (Lipinski definition) is 4. The molecular formula is C25H22F3N5O4. The minimum absolute atomic E-state index is 0.0243. The fraction of sp³-hybridized carbons (Fsp3) is 0.160. The molecule has 0 fully saturated rings. The van der Waals surface area contributed by atoms with Crippen LogP contribution in [0, 0.1) is 5.41 Å². The molecule has 0 spiro atoms. The van der Waals surface area contributed by atoms with Gasteiger partial charge in [0.15, 0.2) is 0 Å². The third-order valence-electron chi connectivity index (χ3n) is 5.39. The summed E-state index contributed by atoms with van der Waals surface area (Å²) < 4.78 is 31.7. The number of amidine groups is 1. The maximum Gasteiger partial charge on any atom is 0.490 e. The fourth-order valence-corrected chi connectivity index (χ4v) is 3.47. The van der Waals surface area contributed by atoms with E-state index >= 15 is 0 Å². The first-order valence-corrected chi connectivity index (χ1v) is 10.8. The number of rotatable bonds is 4. The summed E-state index contributed by atoms with van der Waals surface area (Å²) in [5.74, 6) is -2.73. The summed E-state index contributed by atoms with van der Waals surface area (Å²) in [4.78, 5) is 34.7. The van der Waals surface area contributed by atoms with Gasteiger partial charge in [0.1, 0.15) is 5.84 Å². The Bertz CT molecular complexity index is 1380. The monoisotopic (exact) mass is 513 g/mol. The first-order chi connectivity index (χ1) is 17.5. The first-order valence-electron chi connectivity index (χ1n) is 10.8. The number of halogens is 3. The Labute approximate surface area is 208 Å². The largest absolute Gasteiger partial charge is 0.490 e. The summed E-state index contributed by atoms with van der Waals surface area (Å²) in [5.41, 5.74) is 10.3. The molecule has 9 nitrogen and oxygen atoms in total. The van der Waals surface area contributed by atoms with Crippen LogP contribution >= 0.6 is 0 Å². The number of nitrogens with one attached hydrogen (secondary N) is 2. The fourth-order valence-electron chi connectivity index (χ4n) is 3.47. The van der Waals surface area contributed by atoms with Gasteiger partial charge in [0, 0.05) is 35.8 Å². The molecule has 2 aromatic carbocycles. The number of carboxylic acids is 1. The summed E-state index contributed by atoms with van der Waals surface area (Å²) >= 11 is 0. The first kappa shape index (κ1) is 26.9. The molecule has 0 atom stereocenters. The zero-order valence-electron chi connectivity index (χ0n) is 19.2. The predicted octanol–water partition coefficient (Wildman–Crippen LogP) is 3.28. The van der Waals surface area contributed by atoms with Gasteiger partial charge in [-0.25, -0.2) is 9.89 Å². The minimum atomic E-state index is -5.08. The van der Waals surface area contributed by atoms with E-state index in [2.05, 4.69) is 16.3 Å². The van der Waals surface area contributed by atoms with Crippen molar-refractivity contribution in [2.75, 3.05) is 13.1 Å². The topological polar surface area (TPSA) is 153 Å². The highest BCUT2D eigenvalue weighted by Crippen LogP contribution is 2.24. The molecule has 1 aromatic heterocycles. The maximum absolute atomic E-state index is 12.9. The van der Waals surface area contributed by atoms with Crippen molar-refractivity contribution >= 4 is 23.3 Å². The quantitative estimate of drug-likeness (QED) is 0.310. The number of carbonyl (C=O) groups excluding carboxylic acids is 1. The number of carbonyl (C=O) groups is 2. The Hall–Kier alpha value is -4.74. The third kappa shape index (κ3) is 7.13. The number of nitrogen functional groups attached to an aromatic ring is 1. The van der Waals surface area contributed by atoms with E-state index in [1.54, 1.807) is 18.2 Å². The molecule has 2 heterocycles. The van der Waals surface area contributed by atoms with Crippen molar-refractivity contribution in [1.29, 1.82) is 5.41 Å². The summed E-state index contributed by atoms with van der Waals surface area (Å²) in [6.45, 7) is 1.15. The molecule has 3 aromatic rings. The highest BCUT2D eigenvalue weighted by molar-refractivity contribution is 5.96. The minimum Gasteiger partial charge on any atom is -0.475 e. The maximum atomic E-state index is 12.9. The van der Waals surface area contributed by atoms with Crippen LogP contribution in [-0.4, -0.2) is 57.2 Å². The van der Waals surface area contributed by atoms with Crippen molar-refractivity contribution in [3.05, 3.63) is 93.8 Å². The van der Waals surface area contributed by atoms with E-state index < -0.39 is 12.1 Å². The van der Waals surface area contributed by atoms with Crippen LogP contribution in [0.2, 0.25) is 0 Å². The molecule has 0 aliphatic carbocycles. The van der Waals surface area contributed by atoms with Crippen molar-refractivity contribution in [1.82, 2.24) is 15.1 Å². The van der Waals surface area contributed by atoms with Crippen LogP contribution in [0.5, 0.6) is 0 Å². The van der Waals surface area contributed by atoms with Gasteiger partial charge in [-0.15, -0.1) is 0 Å². The van der Waals surface area contributed by atoms with E-state index in [4.69, 9.17) is 21.0 Å². The van der Waals surface area contributed by atoms with Crippen molar-refractivity contribution in [2.24, 2.45) is 5.73 Å². The lowest BCUT2D eigenvalue weighted by atomic mass is 9.97. The number of aromatic amines is 1. The van der Waals surface area contributed by atoms with Crippen LogP contribution in [-0.2, 0) is 4.79 Å². The van der Waals surface area contributed by atoms with E-state index in [1.807, 2.05) is 41.3 Å². The van der Waals surface area contributed by atoms with Gasteiger partial charge in [-0.3, -0.25) is 15.0 Å². The molecule has 4 rings (SSSR count). The molecule has 0 unspecified atom stereocenters. The van der Waals surface area contributed by atoms with E-state index in [9.17, 15) is 22.8 Å². The standard InChI is InChI=1S/C23H21N5O2.C2HF3O2/c24-22(25)19-3-1-2-18(14-19)15-10-12-28(13-11-15)23(30)17-6-4-16(5-7-17)20-8-9-21(29)27-26-20;3-2(4,5)1(6)7/h1-10,14H,11-13H2,(H3,24,25)(H,27,29);(H,6,7). The van der Waals surface area contributed by atoms with E-state index in [0.717, 1.165) is 23.1 Å². The molecular weight excluding hydrogens is 491 g/mol. The van der Waals surface area contributed by atoms with E-state index in [-0.39, 0.29) is 17.3 Å². The zero-order chi connectivity index (χ0) is 27.2. The molecule has 192 valence electrons. The van der Waals surface area contributed by atoms with Gasteiger partial charge < -0.3 is 15.7 Å².